The van der Waals surface area contributed by atoms with Crippen LogP contribution in [-0.2, 0) is 30.8 Å². The molecule has 1 fully saturated rings. The number of hydrogen-bond donors (Lipinski definition) is 2. The summed E-state index contributed by atoms with van der Waals surface area (Å²) in [5.41, 5.74) is 0.683. The molecule has 1 aromatic carbocycles. The van der Waals surface area contributed by atoms with Crippen LogP contribution in [0.15, 0.2) is 45.9 Å². The maximum atomic E-state index is 13.2. The number of nitrogens with zero attached hydrogens (tertiary/aromatic N) is 1. The summed E-state index contributed by atoms with van der Waals surface area (Å²) < 4.78 is 43.5. The van der Waals surface area contributed by atoms with Crippen LogP contribution in [0, 0.1) is 6.92 Å². The summed E-state index contributed by atoms with van der Waals surface area (Å²) in [4.78, 5) is 24.2. The van der Waals surface area contributed by atoms with Gasteiger partial charge in [-0.15, -0.1) is 0 Å². The third kappa shape index (κ3) is 5.67. The summed E-state index contributed by atoms with van der Waals surface area (Å²) >= 11 is 0. The van der Waals surface area contributed by atoms with Gasteiger partial charge in [-0.05, 0) is 49.2 Å². The van der Waals surface area contributed by atoms with E-state index in [1.165, 1.54) is 29.8 Å². The first-order chi connectivity index (χ1) is 15.3. The van der Waals surface area contributed by atoms with Crippen LogP contribution in [-0.4, -0.2) is 64.1 Å². The molecule has 2 amide bonds. The van der Waals surface area contributed by atoms with Crippen molar-refractivity contribution in [1.82, 2.24) is 14.9 Å². The number of rotatable bonds is 8. The Morgan fingerprint density at radius 3 is 2.69 bits per heavy atom. The summed E-state index contributed by atoms with van der Waals surface area (Å²) in [5, 5.41) is 4.95. The number of sulfonamides is 1. The lowest BCUT2D eigenvalue weighted by Crippen LogP contribution is -2.53. The van der Waals surface area contributed by atoms with Crippen molar-refractivity contribution in [2.45, 2.75) is 30.9 Å². The molecule has 1 atom stereocenters. The summed E-state index contributed by atoms with van der Waals surface area (Å²) in [7, 11) is -2.36. The van der Waals surface area contributed by atoms with Crippen LogP contribution >= 0.6 is 0 Å². The van der Waals surface area contributed by atoms with Crippen LogP contribution in [0.1, 0.15) is 17.7 Å². The second-order valence-electron chi connectivity index (χ2n) is 7.22. The standard InChI is InChI=1S/C21H27N3O7S/c1-15-13-17(6-7-18(15)29-2)32(27,28)24-10-4-12-31-19(24)14-23-21(26)20(25)22-9-8-16-5-3-11-30-16/h3,5-7,11,13,19H,4,8-10,12,14H2,1-2H3,(H,22,25)(H,23,26)/t19-/m1/s1. The molecule has 10 nitrogen and oxygen atoms in total. The van der Waals surface area contributed by atoms with Crippen molar-refractivity contribution in [2.75, 3.05) is 33.4 Å². The van der Waals surface area contributed by atoms with Gasteiger partial charge in [0, 0.05) is 19.5 Å². The Balaban J connectivity index is 1.59. The normalized spacial score (nSPS) is 17.0. The number of ether oxygens (including phenoxy) is 2. The number of carbonyl (C=O) groups is 2. The van der Waals surface area contributed by atoms with E-state index in [4.69, 9.17) is 13.9 Å². The summed E-state index contributed by atoms with van der Waals surface area (Å²) in [5.74, 6) is -0.402. The highest BCUT2D eigenvalue weighted by Gasteiger charge is 2.35. The number of methoxy groups -OCH3 is 1. The molecular weight excluding hydrogens is 438 g/mol. The van der Waals surface area contributed by atoms with Gasteiger partial charge >= 0.3 is 11.8 Å². The van der Waals surface area contributed by atoms with Gasteiger partial charge < -0.3 is 24.5 Å². The van der Waals surface area contributed by atoms with E-state index < -0.39 is 28.1 Å². The molecule has 0 saturated carbocycles. The lowest BCUT2D eigenvalue weighted by molar-refractivity contribution is -0.140. The lowest BCUT2D eigenvalue weighted by atomic mass is 10.2. The zero-order valence-electron chi connectivity index (χ0n) is 18.0. The zero-order chi connectivity index (χ0) is 23.1. The van der Waals surface area contributed by atoms with Crippen LogP contribution in [0.3, 0.4) is 0 Å². The van der Waals surface area contributed by atoms with Crippen molar-refractivity contribution in [3.8, 4) is 5.75 Å². The SMILES string of the molecule is COc1ccc(S(=O)(=O)N2CCCO[C@@H]2CNC(=O)C(=O)NCCc2ccco2)cc1C. The molecular formula is C21H27N3O7S. The smallest absolute Gasteiger partial charge is 0.309 e. The monoisotopic (exact) mass is 465 g/mol. The average molecular weight is 466 g/mol. The van der Waals surface area contributed by atoms with Crippen LogP contribution in [0.2, 0.25) is 0 Å². The van der Waals surface area contributed by atoms with Gasteiger partial charge in [-0.1, -0.05) is 0 Å². The number of furan rings is 1. The Hall–Kier alpha value is -2.89. The molecule has 3 rings (SSSR count). The first-order valence-corrected chi connectivity index (χ1v) is 11.6. The van der Waals surface area contributed by atoms with Gasteiger partial charge in [-0.2, -0.15) is 4.31 Å². The Labute approximate surface area is 186 Å². The molecule has 1 saturated heterocycles. The molecule has 2 heterocycles. The average Bonchev–Trinajstić information content (AvgIpc) is 3.31. The predicted octanol–water partition coefficient (Wildman–Crippen LogP) is 0.809. The maximum Gasteiger partial charge on any atom is 0.309 e. The lowest BCUT2D eigenvalue weighted by Gasteiger charge is -2.34. The number of hydrogen-bond acceptors (Lipinski definition) is 7. The topological polar surface area (TPSA) is 127 Å². The fourth-order valence-electron chi connectivity index (χ4n) is 3.34. The van der Waals surface area contributed by atoms with Crippen molar-refractivity contribution >= 4 is 21.8 Å². The van der Waals surface area contributed by atoms with Gasteiger partial charge in [0.2, 0.25) is 10.0 Å². The number of aryl methyl sites for hydroxylation is 1. The molecule has 1 aromatic heterocycles. The Kier molecular flexibility index (Phi) is 7.89. The number of benzene rings is 1. The molecule has 0 bridgehead atoms. The van der Waals surface area contributed by atoms with Crippen LogP contribution in [0.25, 0.3) is 0 Å². The quantitative estimate of drug-likeness (QED) is 0.552. The fraction of sp³-hybridized carbons (Fsp3) is 0.429. The van der Waals surface area contributed by atoms with Crippen LogP contribution in [0.4, 0.5) is 0 Å². The first kappa shape index (κ1) is 23.8. The Morgan fingerprint density at radius 2 is 2.00 bits per heavy atom. The van der Waals surface area contributed by atoms with E-state index in [-0.39, 0.29) is 24.5 Å². The van der Waals surface area contributed by atoms with Gasteiger partial charge in [-0.3, -0.25) is 9.59 Å². The molecule has 2 N–H and O–H groups in total. The molecule has 174 valence electrons. The summed E-state index contributed by atoms with van der Waals surface area (Å²) in [6.45, 7) is 2.43. The number of nitrogens with one attached hydrogen (secondary N) is 2. The molecule has 0 spiro atoms. The van der Waals surface area contributed by atoms with E-state index in [1.807, 2.05) is 0 Å². The van der Waals surface area contributed by atoms with Gasteiger partial charge in [0.25, 0.3) is 0 Å². The van der Waals surface area contributed by atoms with Crippen molar-refractivity contribution in [2.24, 2.45) is 0 Å². The third-order valence-corrected chi connectivity index (χ3v) is 6.89. The molecule has 0 unspecified atom stereocenters. The minimum Gasteiger partial charge on any atom is -0.496 e. The molecule has 11 heteroatoms. The second-order valence-corrected chi connectivity index (χ2v) is 9.11. The van der Waals surface area contributed by atoms with Gasteiger partial charge in [-0.25, -0.2) is 8.42 Å². The van der Waals surface area contributed by atoms with Crippen molar-refractivity contribution < 1.29 is 31.9 Å². The van der Waals surface area contributed by atoms with E-state index in [0.717, 1.165) is 0 Å². The maximum absolute atomic E-state index is 13.2. The third-order valence-electron chi connectivity index (χ3n) is 5.01. The van der Waals surface area contributed by atoms with Crippen molar-refractivity contribution in [3.63, 3.8) is 0 Å². The van der Waals surface area contributed by atoms with E-state index >= 15 is 0 Å². The van der Waals surface area contributed by atoms with E-state index in [2.05, 4.69) is 10.6 Å². The van der Waals surface area contributed by atoms with Crippen molar-refractivity contribution in [3.05, 3.63) is 47.9 Å². The van der Waals surface area contributed by atoms with E-state index in [9.17, 15) is 18.0 Å². The molecule has 0 radical (unpaired) electrons. The summed E-state index contributed by atoms with van der Waals surface area (Å²) in [6, 6.07) is 8.10. The van der Waals surface area contributed by atoms with Gasteiger partial charge in [0.1, 0.15) is 17.7 Å². The van der Waals surface area contributed by atoms with Crippen molar-refractivity contribution in [1.29, 1.82) is 0 Å². The van der Waals surface area contributed by atoms with Gasteiger partial charge in [0.15, 0.2) is 0 Å². The minimum absolute atomic E-state index is 0.105. The Morgan fingerprint density at radius 1 is 1.22 bits per heavy atom. The Bertz CT molecular complexity index is 1040. The first-order valence-electron chi connectivity index (χ1n) is 10.2. The highest BCUT2D eigenvalue weighted by Crippen LogP contribution is 2.26. The largest absolute Gasteiger partial charge is 0.496 e. The minimum atomic E-state index is -3.88. The highest BCUT2D eigenvalue weighted by molar-refractivity contribution is 7.89. The zero-order valence-corrected chi connectivity index (χ0v) is 18.8. The van der Waals surface area contributed by atoms with Crippen LogP contribution in [0.5, 0.6) is 5.75 Å². The van der Waals surface area contributed by atoms with Crippen LogP contribution < -0.4 is 15.4 Å². The molecule has 32 heavy (non-hydrogen) atoms. The number of carbonyl (C=O) groups excluding carboxylic acids is 2. The fourth-order valence-corrected chi connectivity index (χ4v) is 4.99. The van der Waals surface area contributed by atoms with E-state index in [0.29, 0.717) is 36.5 Å². The van der Waals surface area contributed by atoms with E-state index in [1.54, 1.807) is 25.1 Å². The number of amides is 2. The molecule has 0 aliphatic carbocycles. The predicted molar refractivity (Wildman–Crippen MR) is 114 cm³/mol. The molecule has 1 aliphatic rings. The summed E-state index contributed by atoms with van der Waals surface area (Å²) in [6.07, 6.45) is 1.58. The molecule has 2 aromatic rings. The van der Waals surface area contributed by atoms with Gasteiger partial charge in [0.05, 0.1) is 31.4 Å². The second kappa shape index (κ2) is 10.6. The molecule has 1 aliphatic heterocycles. The highest BCUT2D eigenvalue weighted by atomic mass is 32.2.